The molecular formula is C10H11NO3S. The minimum Gasteiger partial charge on any atom is -0.480 e. The molecule has 0 aromatic carbocycles. The Kier molecular flexibility index (Phi) is 2.26. The van der Waals surface area contributed by atoms with Crippen molar-refractivity contribution in [2.75, 3.05) is 0 Å². The molecule has 1 aliphatic rings. The SMILES string of the molecule is Cc1cscc1C(=O)NC1(C(=O)O)CC1. The van der Waals surface area contributed by atoms with Crippen LogP contribution in [-0.2, 0) is 4.79 Å². The number of carboxylic acids is 1. The molecule has 2 rings (SSSR count). The van der Waals surface area contributed by atoms with Gasteiger partial charge in [-0.2, -0.15) is 11.3 Å². The van der Waals surface area contributed by atoms with Crippen molar-refractivity contribution in [3.8, 4) is 0 Å². The second-order valence-corrected chi connectivity index (χ2v) is 4.55. The van der Waals surface area contributed by atoms with Crippen molar-refractivity contribution >= 4 is 23.2 Å². The monoisotopic (exact) mass is 225 g/mol. The number of aryl methyl sites for hydroxylation is 1. The van der Waals surface area contributed by atoms with Gasteiger partial charge in [-0.05, 0) is 30.7 Å². The average molecular weight is 225 g/mol. The molecule has 15 heavy (non-hydrogen) atoms. The van der Waals surface area contributed by atoms with E-state index in [-0.39, 0.29) is 5.91 Å². The van der Waals surface area contributed by atoms with Gasteiger partial charge in [-0.3, -0.25) is 4.79 Å². The molecule has 0 spiro atoms. The first-order valence-corrected chi connectivity index (χ1v) is 5.58. The predicted molar refractivity (Wildman–Crippen MR) is 56.1 cm³/mol. The third-order valence-corrected chi connectivity index (χ3v) is 3.47. The third-order valence-electron chi connectivity index (χ3n) is 2.61. The standard InChI is InChI=1S/C10H11NO3S/c1-6-4-15-5-7(6)8(12)11-10(2-3-10)9(13)14/h4-5H,2-3H2,1H3,(H,11,12)(H,13,14). The maximum absolute atomic E-state index is 11.7. The first-order chi connectivity index (χ1) is 7.05. The third kappa shape index (κ3) is 1.74. The largest absolute Gasteiger partial charge is 0.480 e. The van der Waals surface area contributed by atoms with Crippen LogP contribution >= 0.6 is 11.3 Å². The van der Waals surface area contributed by atoms with Gasteiger partial charge in [0.25, 0.3) is 5.91 Å². The van der Waals surface area contributed by atoms with Gasteiger partial charge in [0.2, 0.25) is 0 Å². The van der Waals surface area contributed by atoms with E-state index in [1.807, 2.05) is 12.3 Å². The molecule has 0 aliphatic heterocycles. The number of amides is 1. The van der Waals surface area contributed by atoms with Crippen LogP contribution in [0.3, 0.4) is 0 Å². The maximum atomic E-state index is 11.7. The Morgan fingerprint density at radius 1 is 1.47 bits per heavy atom. The Labute approximate surface area is 90.9 Å². The van der Waals surface area contributed by atoms with Gasteiger partial charge in [0.1, 0.15) is 5.54 Å². The summed E-state index contributed by atoms with van der Waals surface area (Å²) in [6.45, 7) is 1.84. The highest BCUT2D eigenvalue weighted by Crippen LogP contribution is 2.36. The molecule has 1 amide bonds. The average Bonchev–Trinajstić information content (AvgIpc) is 2.82. The van der Waals surface area contributed by atoms with Crippen LogP contribution in [0.4, 0.5) is 0 Å². The minimum absolute atomic E-state index is 0.284. The second kappa shape index (κ2) is 3.34. The summed E-state index contributed by atoms with van der Waals surface area (Å²) in [5.41, 5.74) is 0.470. The lowest BCUT2D eigenvalue weighted by atomic mass is 10.2. The molecule has 4 nitrogen and oxygen atoms in total. The number of nitrogens with one attached hydrogen (secondary N) is 1. The fourth-order valence-corrected chi connectivity index (χ4v) is 2.22. The molecule has 1 aliphatic carbocycles. The van der Waals surface area contributed by atoms with E-state index in [9.17, 15) is 9.59 Å². The van der Waals surface area contributed by atoms with Gasteiger partial charge in [-0.1, -0.05) is 0 Å². The van der Waals surface area contributed by atoms with E-state index in [1.165, 1.54) is 11.3 Å². The van der Waals surface area contributed by atoms with Crippen LogP contribution in [0.15, 0.2) is 10.8 Å². The zero-order chi connectivity index (χ0) is 11.1. The quantitative estimate of drug-likeness (QED) is 0.817. The molecule has 1 heterocycles. The molecule has 5 heteroatoms. The lowest BCUT2D eigenvalue weighted by Gasteiger charge is -2.11. The van der Waals surface area contributed by atoms with Gasteiger partial charge in [0.05, 0.1) is 5.56 Å². The molecule has 1 aromatic heterocycles. The Morgan fingerprint density at radius 3 is 2.53 bits per heavy atom. The molecule has 0 unspecified atom stereocenters. The summed E-state index contributed by atoms with van der Waals surface area (Å²) in [6, 6.07) is 0. The van der Waals surface area contributed by atoms with Crippen molar-refractivity contribution in [2.45, 2.75) is 25.3 Å². The van der Waals surface area contributed by atoms with Crippen molar-refractivity contribution in [1.29, 1.82) is 0 Å². The van der Waals surface area contributed by atoms with Crippen LogP contribution in [0, 0.1) is 6.92 Å². The summed E-state index contributed by atoms with van der Waals surface area (Å²) in [5.74, 6) is -1.22. The molecular weight excluding hydrogens is 214 g/mol. The summed E-state index contributed by atoms with van der Waals surface area (Å²) in [4.78, 5) is 22.6. The van der Waals surface area contributed by atoms with Crippen molar-refractivity contribution in [1.82, 2.24) is 5.32 Å². The van der Waals surface area contributed by atoms with Gasteiger partial charge in [0.15, 0.2) is 0 Å². The molecule has 0 bridgehead atoms. The number of thiophene rings is 1. The molecule has 1 fully saturated rings. The van der Waals surface area contributed by atoms with Crippen LogP contribution in [0.2, 0.25) is 0 Å². The molecule has 2 N–H and O–H groups in total. The number of rotatable bonds is 3. The minimum atomic E-state index is -0.995. The molecule has 0 atom stereocenters. The van der Waals surface area contributed by atoms with Crippen LogP contribution in [0.25, 0.3) is 0 Å². The van der Waals surface area contributed by atoms with Crippen LogP contribution in [0.5, 0.6) is 0 Å². The van der Waals surface area contributed by atoms with E-state index >= 15 is 0 Å². The number of hydrogen-bond acceptors (Lipinski definition) is 3. The first-order valence-electron chi connectivity index (χ1n) is 4.64. The molecule has 0 saturated heterocycles. The summed E-state index contributed by atoms with van der Waals surface area (Å²) in [6.07, 6.45) is 1.05. The molecule has 0 radical (unpaired) electrons. The highest BCUT2D eigenvalue weighted by atomic mass is 32.1. The van der Waals surface area contributed by atoms with Crippen molar-refractivity contribution in [3.63, 3.8) is 0 Å². The Morgan fingerprint density at radius 2 is 2.13 bits per heavy atom. The smallest absolute Gasteiger partial charge is 0.329 e. The summed E-state index contributed by atoms with van der Waals surface area (Å²) in [5, 5.41) is 15.1. The lowest BCUT2D eigenvalue weighted by molar-refractivity contribution is -0.140. The zero-order valence-electron chi connectivity index (χ0n) is 8.24. The van der Waals surface area contributed by atoms with Crippen molar-refractivity contribution < 1.29 is 14.7 Å². The molecule has 80 valence electrons. The van der Waals surface area contributed by atoms with Crippen LogP contribution < -0.4 is 5.32 Å². The summed E-state index contributed by atoms with van der Waals surface area (Å²) in [7, 11) is 0. The second-order valence-electron chi connectivity index (χ2n) is 3.81. The molecule has 1 aromatic rings. The Bertz CT molecular complexity index is 420. The normalized spacial score (nSPS) is 17.1. The van der Waals surface area contributed by atoms with Gasteiger partial charge < -0.3 is 10.4 Å². The van der Waals surface area contributed by atoms with E-state index in [0.717, 1.165) is 5.56 Å². The fourth-order valence-electron chi connectivity index (χ4n) is 1.40. The van der Waals surface area contributed by atoms with Crippen LogP contribution in [0.1, 0.15) is 28.8 Å². The Balaban J connectivity index is 2.11. The highest BCUT2D eigenvalue weighted by Gasteiger charge is 2.51. The van der Waals surface area contributed by atoms with Crippen molar-refractivity contribution in [2.24, 2.45) is 0 Å². The van der Waals surface area contributed by atoms with Crippen molar-refractivity contribution in [3.05, 3.63) is 21.9 Å². The number of carboxylic acid groups (broad SMARTS) is 1. The van der Waals surface area contributed by atoms with Gasteiger partial charge in [-0.15, -0.1) is 0 Å². The first kappa shape index (κ1) is 10.2. The highest BCUT2D eigenvalue weighted by molar-refractivity contribution is 7.08. The van der Waals surface area contributed by atoms with Gasteiger partial charge in [0, 0.05) is 5.38 Å². The van der Waals surface area contributed by atoms with E-state index in [1.54, 1.807) is 5.38 Å². The summed E-state index contributed by atoms with van der Waals surface area (Å²) < 4.78 is 0. The number of carbonyl (C=O) groups excluding carboxylic acids is 1. The van der Waals surface area contributed by atoms with Gasteiger partial charge >= 0.3 is 5.97 Å². The maximum Gasteiger partial charge on any atom is 0.329 e. The van der Waals surface area contributed by atoms with E-state index < -0.39 is 11.5 Å². The van der Waals surface area contributed by atoms with E-state index in [0.29, 0.717) is 18.4 Å². The molecule has 1 saturated carbocycles. The van der Waals surface area contributed by atoms with E-state index in [2.05, 4.69) is 5.32 Å². The number of carbonyl (C=O) groups is 2. The topological polar surface area (TPSA) is 66.4 Å². The lowest BCUT2D eigenvalue weighted by Crippen LogP contribution is -2.43. The zero-order valence-corrected chi connectivity index (χ0v) is 9.06. The fraction of sp³-hybridized carbons (Fsp3) is 0.400. The van der Waals surface area contributed by atoms with E-state index in [4.69, 9.17) is 5.11 Å². The van der Waals surface area contributed by atoms with Gasteiger partial charge in [-0.25, -0.2) is 4.79 Å². The summed E-state index contributed by atoms with van der Waals surface area (Å²) >= 11 is 1.44. The van der Waals surface area contributed by atoms with Crippen LogP contribution in [-0.4, -0.2) is 22.5 Å². The predicted octanol–water partition coefficient (Wildman–Crippen LogP) is 1.40. The number of aliphatic carboxylic acids is 1. The number of hydrogen-bond donors (Lipinski definition) is 2. The Hall–Kier alpha value is -1.36.